The van der Waals surface area contributed by atoms with Crippen molar-refractivity contribution in [1.29, 1.82) is 0 Å². The van der Waals surface area contributed by atoms with Crippen LogP contribution < -0.4 is 0 Å². The maximum atomic E-state index is 13.2. The van der Waals surface area contributed by atoms with Crippen molar-refractivity contribution < 1.29 is 9.18 Å². The van der Waals surface area contributed by atoms with Gasteiger partial charge in [0.2, 0.25) is 0 Å². The molecule has 3 rings (SSSR count). The first-order valence-electron chi connectivity index (χ1n) is 7.68. The number of hydrogen-bond acceptors (Lipinski definition) is 2. The Labute approximate surface area is 134 Å². The highest BCUT2D eigenvalue weighted by molar-refractivity contribution is 5.91. The van der Waals surface area contributed by atoms with Crippen LogP contribution in [0.25, 0.3) is 16.8 Å². The maximum Gasteiger partial charge on any atom is 0.152 e. The molecule has 0 aliphatic heterocycles. The predicted octanol–water partition coefficient (Wildman–Crippen LogP) is 4.69. The van der Waals surface area contributed by atoms with E-state index >= 15 is 0 Å². The van der Waals surface area contributed by atoms with Gasteiger partial charge in [0.15, 0.2) is 6.29 Å². The van der Waals surface area contributed by atoms with Crippen LogP contribution in [-0.2, 0) is 0 Å². The van der Waals surface area contributed by atoms with Gasteiger partial charge in [0.25, 0.3) is 0 Å². The van der Waals surface area contributed by atoms with E-state index < -0.39 is 0 Å². The fraction of sp³-hybridized carbons (Fsp3) is 0.263. The summed E-state index contributed by atoms with van der Waals surface area (Å²) < 4.78 is 15.1. The summed E-state index contributed by atoms with van der Waals surface area (Å²) in [7, 11) is 0. The highest BCUT2D eigenvalue weighted by Crippen LogP contribution is 2.33. The monoisotopic (exact) mass is 310 g/mol. The Morgan fingerprint density at radius 2 is 1.83 bits per heavy atom. The molecule has 0 saturated heterocycles. The van der Waals surface area contributed by atoms with Gasteiger partial charge in [-0.25, -0.2) is 8.91 Å². The first-order chi connectivity index (χ1) is 10.9. The minimum absolute atomic E-state index is 0.174. The number of carbonyl (C=O) groups is 1. The average molecular weight is 310 g/mol. The molecule has 0 N–H and O–H groups in total. The van der Waals surface area contributed by atoms with E-state index in [1.165, 1.54) is 12.1 Å². The molecule has 0 atom stereocenters. The molecule has 3 aromatic rings. The standard InChI is InChI=1S/C19H19FN2O/c1-11(2)17-16(10-23)18(14-5-7-15(20)8-6-14)21-22-13(4)9-12(3)19(17)22/h5-11H,1-4H3. The van der Waals surface area contributed by atoms with Crippen LogP contribution in [0.15, 0.2) is 30.3 Å². The van der Waals surface area contributed by atoms with Crippen LogP contribution in [0.4, 0.5) is 4.39 Å². The minimum Gasteiger partial charge on any atom is -0.298 e. The first-order valence-corrected chi connectivity index (χ1v) is 7.68. The molecule has 2 aromatic heterocycles. The van der Waals surface area contributed by atoms with E-state index in [0.29, 0.717) is 11.3 Å². The molecule has 0 amide bonds. The number of halogens is 1. The van der Waals surface area contributed by atoms with Gasteiger partial charge in [-0.3, -0.25) is 4.79 Å². The van der Waals surface area contributed by atoms with Gasteiger partial charge in [-0.1, -0.05) is 13.8 Å². The second kappa shape index (κ2) is 5.61. The molecule has 1 aromatic carbocycles. The molecule has 0 fully saturated rings. The summed E-state index contributed by atoms with van der Waals surface area (Å²) in [6.45, 7) is 8.16. The zero-order valence-corrected chi connectivity index (χ0v) is 13.7. The molecule has 0 aliphatic rings. The summed E-state index contributed by atoms with van der Waals surface area (Å²) in [6.07, 6.45) is 0.864. The lowest BCUT2D eigenvalue weighted by Gasteiger charge is -2.16. The summed E-state index contributed by atoms with van der Waals surface area (Å²) >= 11 is 0. The van der Waals surface area contributed by atoms with Crippen molar-refractivity contribution in [2.24, 2.45) is 0 Å². The van der Waals surface area contributed by atoms with E-state index in [0.717, 1.165) is 34.2 Å². The number of nitrogens with zero attached hydrogens (tertiary/aromatic N) is 2. The molecule has 0 aliphatic carbocycles. The average Bonchev–Trinajstić information content (AvgIpc) is 2.80. The Kier molecular flexibility index (Phi) is 3.76. The number of aromatic nitrogens is 2. The topological polar surface area (TPSA) is 34.4 Å². The molecule has 0 radical (unpaired) electrons. The maximum absolute atomic E-state index is 13.2. The zero-order chi connectivity index (χ0) is 16.7. The van der Waals surface area contributed by atoms with Gasteiger partial charge in [0.05, 0.1) is 5.52 Å². The molecule has 0 unspecified atom stereocenters. The number of aryl methyl sites for hydroxylation is 2. The van der Waals surface area contributed by atoms with Crippen LogP contribution in [0.5, 0.6) is 0 Å². The lowest BCUT2D eigenvalue weighted by Crippen LogP contribution is -2.08. The smallest absolute Gasteiger partial charge is 0.152 e. The van der Waals surface area contributed by atoms with Gasteiger partial charge in [0, 0.05) is 16.8 Å². The van der Waals surface area contributed by atoms with Crippen LogP contribution >= 0.6 is 0 Å². The SMILES string of the molecule is Cc1cc(C)n2nc(-c3ccc(F)cc3)c(C=O)c(C(C)C)c12. The molecule has 23 heavy (non-hydrogen) atoms. The van der Waals surface area contributed by atoms with Crippen LogP contribution in [0, 0.1) is 19.7 Å². The van der Waals surface area contributed by atoms with Crippen LogP contribution in [-0.4, -0.2) is 15.9 Å². The van der Waals surface area contributed by atoms with Crippen molar-refractivity contribution in [3.8, 4) is 11.3 Å². The van der Waals surface area contributed by atoms with Gasteiger partial charge in [-0.05, 0) is 61.2 Å². The quantitative estimate of drug-likeness (QED) is 0.658. The number of rotatable bonds is 3. The summed E-state index contributed by atoms with van der Waals surface area (Å²) in [6, 6.07) is 8.16. The lowest BCUT2D eigenvalue weighted by atomic mass is 9.93. The van der Waals surface area contributed by atoms with Crippen LogP contribution in [0.1, 0.15) is 46.9 Å². The van der Waals surface area contributed by atoms with Gasteiger partial charge in [-0.2, -0.15) is 5.10 Å². The fourth-order valence-corrected chi connectivity index (χ4v) is 3.18. The summed E-state index contributed by atoms with van der Waals surface area (Å²) in [5.41, 5.74) is 6.01. The molecule has 4 heteroatoms. The number of carbonyl (C=O) groups excluding carboxylic acids is 1. The van der Waals surface area contributed by atoms with Gasteiger partial charge in [-0.15, -0.1) is 0 Å². The molecule has 118 valence electrons. The van der Waals surface area contributed by atoms with E-state index in [-0.39, 0.29) is 11.7 Å². The summed E-state index contributed by atoms with van der Waals surface area (Å²) in [5, 5.41) is 4.67. The number of fused-ring (bicyclic) bond motifs is 1. The molecule has 0 saturated carbocycles. The van der Waals surface area contributed by atoms with E-state index in [4.69, 9.17) is 0 Å². The predicted molar refractivity (Wildman–Crippen MR) is 89.5 cm³/mol. The molecular formula is C19H19FN2O. The van der Waals surface area contributed by atoms with Crippen LogP contribution in [0.3, 0.4) is 0 Å². The third kappa shape index (κ3) is 2.44. The first kappa shape index (κ1) is 15.4. The third-order valence-corrected chi connectivity index (χ3v) is 4.16. The van der Waals surface area contributed by atoms with Gasteiger partial charge < -0.3 is 0 Å². The van der Waals surface area contributed by atoms with E-state index in [1.807, 2.05) is 18.4 Å². The molecule has 0 bridgehead atoms. The Hall–Kier alpha value is -2.49. The molecule has 2 heterocycles. The van der Waals surface area contributed by atoms with Crippen molar-refractivity contribution in [3.63, 3.8) is 0 Å². The van der Waals surface area contributed by atoms with Gasteiger partial charge >= 0.3 is 0 Å². The van der Waals surface area contributed by atoms with Crippen molar-refractivity contribution in [2.45, 2.75) is 33.6 Å². The van der Waals surface area contributed by atoms with Crippen molar-refractivity contribution in [3.05, 3.63) is 58.5 Å². The molecule has 0 spiro atoms. The normalized spacial score (nSPS) is 11.4. The molecule has 3 nitrogen and oxygen atoms in total. The molecular weight excluding hydrogens is 291 g/mol. The number of hydrogen-bond donors (Lipinski definition) is 0. The highest BCUT2D eigenvalue weighted by atomic mass is 19.1. The Bertz CT molecular complexity index is 892. The highest BCUT2D eigenvalue weighted by Gasteiger charge is 2.21. The summed E-state index contributed by atoms with van der Waals surface area (Å²) in [4.78, 5) is 11.8. The lowest BCUT2D eigenvalue weighted by molar-refractivity contribution is 0.112. The largest absolute Gasteiger partial charge is 0.298 e. The van der Waals surface area contributed by atoms with Crippen molar-refractivity contribution in [2.75, 3.05) is 0 Å². The fourth-order valence-electron chi connectivity index (χ4n) is 3.18. The van der Waals surface area contributed by atoms with Crippen LogP contribution in [0.2, 0.25) is 0 Å². The van der Waals surface area contributed by atoms with E-state index in [9.17, 15) is 9.18 Å². The summed E-state index contributed by atoms with van der Waals surface area (Å²) in [5.74, 6) is -0.132. The van der Waals surface area contributed by atoms with Crippen molar-refractivity contribution in [1.82, 2.24) is 9.61 Å². The van der Waals surface area contributed by atoms with Crippen molar-refractivity contribution >= 4 is 11.8 Å². The zero-order valence-electron chi connectivity index (χ0n) is 13.7. The second-order valence-electron chi connectivity index (χ2n) is 6.18. The minimum atomic E-state index is -0.306. The third-order valence-electron chi connectivity index (χ3n) is 4.16. The Morgan fingerprint density at radius 1 is 1.17 bits per heavy atom. The van der Waals surface area contributed by atoms with E-state index in [2.05, 4.69) is 25.0 Å². The Balaban J connectivity index is 2.44. The second-order valence-corrected chi connectivity index (χ2v) is 6.18. The number of aldehydes is 1. The number of benzene rings is 1. The van der Waals surface area contributed by atoms with Gasteiger partial charge in [0.1, 0.15) is 11.5 Å². The van der Waals surface area contributed by atoms with E-state index in [1.54, 1.807) is 12.1 Å². The Morgan fingerprint density at radius 3 is 2.39 bits per heavy atom.